The van der Waals surface area contributed by atoms with Crippen LogP contribution >= 0.6 is 0 Å². The van der Waals surface area contributed by atoms with Crippen molar-refractivity contribution in [3.63, 3.8) is 0 Å². The van der Waals surface area contributed by atoms with Gasteiger partial charge in [0.05, 0.1) is 19.3 Å². The van der Waals surface area contributed by atoms with Crippen molar-refractivity contribution in [2.45, 2.75) is 33.1 Å². The summed E-state index contributed by atoms with van der Waals surface area (Å²) in [7, 11) is 1.65. The summed E-state index contributed by atoms with van der Waals surface area (Å²) in [6, 6.07) is 11.7. The summed E-state index contributed by atoms with van der Waals surface area (Å²) in [4.78, 5) is 31.4. The Kier molecular flexibility index (Phi) is 7.65. The SMILES string of the molecule is COc1cccc(-c2ccc(N3CCN(C(=O)CN(CCC(C)C)C(=O)C4CC4)CC3)nn2)c1. The van der Waals surface area contributed by atoms with E-state index in [-0.39, 0.29) is 24.3 Å². The van der Waals surface area contributed by atoms with E-state index < -0.39 is 0 Å². The summed E-state index contributed by atoms with van der Waals surface area (Å²) < 4.78 is 5.29. The predicted octanol–water partition coefficient (Wildman–Crippen LogP) is 3.09. The van der Waals surface area contributed by atoms with Gasteiger partial charge in [0.2, 0.25) is 11.8 Å². The molecule has 2 aromatic rings. The van der Waals surface area contributed by atoms with Gasteiger partial charge in [-0.3, -0.25) is 9.59 Å². The lowest BCUT2D eigenvalue weighted by Crippen LogP contribution is -2.52. The average molecular weight is 466 g/mol. The summed E-state index contributed by atoms with van der Waals surface area (Å²) in [6.45, 7) is 7.77. The molecule has 2 fully saturated rings. The maximum Gasteiger partial charge on any atom is 0.242 e. The van der Waals surface area contributed by atoms with Crippen LogP contribution in [-0.4, -0.2) is 78.2 Å². The second kappa shape index (κ2) is 10.8. The second-order valence-electron chi connectivity index (χ2n) is 9.59. The van der Waals surface area contributed by atoms with Gasteiger partial charge < -0.3 is 19.4 Å². The smallest absolute Gasteiger partial charge is 0.242 e. The Morgan fingerprint density at radius 2 is 1.85 bits per heavy atom. The van der Waals surface area contributed by atoms with Crippen molar-refractivity contribution in [3.8, 4) is 17.0 Å². The molecule has 0 bridgehead atoms. The fourth-order valence-corrected chi connectivity index (χ4v) is 4.15. The fourth-order valence-electron chi connectivity index (χ4n) is 4.15. The molecule has 2 amide bonds. The van der Waals surface area contributed by atoms with Gasteiger partial charge in [0.25, 0.3) is 0 Å². The zero-order valence-corrected chi connectivity index (χ0v) is 20.4. The molecule has 2 heterocycles. The van der Waals surface area contributed by atoms with Crippen molar-refractivity contribution in [2.24, 2.45) is 11.8 Å². The van der Waals surface area contributed by atoms with Crippen LogP contribution in [0.4, 0.5) is 5.82 Å². The van der Waals surface area contributed by atoms with E-state index >= 15 is 0 Å². The van der Waals surface area contributed by atoms with Crippen molar-refractivity contribution in [1.82, 2.24) is 20.0 Å². The van der Waals surface area contributed by atoms with Crippen molar-refractivity contribution in [2.75, 3.05) is 51.3 Å². The summed E-state index contributed by atoms with van der Waals surface area (Å²) in [5.74, 6) is 2.42. The highest BCUT2D eigenvalue weighted by molar-refractivity contribution is 5.87. The van der Waals surface area contributed by atoms with Crippen LogP contribution < -0.4 is 9.64 Å². The highest BCUT2D eigenvalue weighted by Crippen LogP contribution is 2.31. The number of hydrogen-bond donors (Lipinski definition) is 0. The van der Waals surface area contributed by atoms with E-state index in [1.54, 1.807) is 12.0 Å². The van der Waals surface area contributed by atoms with Crippen LogP contribution in [0.2, 0.25) is 0 Å². The van der Waals surface area contributed by atoms with Crippen LogP contribution in [-0.2, 0) is 9.59 Å². The van der Waals surface area contributed by atoms with Crippen molar-refractivity contribution < 1.29 is 14.3 Å². The zero-order valence-electron chi connectivity index (χ0n) is 20.4. The molecule has 1 aromatic heterocycles. The van der Waals surface area contributed by atoms with Gasteiger partial charge in [-0.1, -0.05) is 26.0 Å². The van der Waals surface area contributed by atoms with Crippen LogP contribution in [0.5, 0.6) is 5.75 Å². The van der Waals surface area contributed by atoms with E-state index in [1.807, 2.05) is 41.3 Å². The Labute approximate surface area is 201 Å². The molecule has 1 saturated carbocycles. The number of amides is 2. The van der Waals surface area contributed by atoms with Gasteiger partial charge >= 0.3 is 0 Å². The van der Waals surface area contributed by atoms with Gasteiger partial charge in [0.15, 0.2) is 5.82 Å². The lowest BCUT2D eigenvalue weighted by Gasteiger charge is -2.36. The number of carbonyl (C=O) groups is 2. The number of benzene rings is 1. The number of methoxy groups -OCH3 is 1. The molecule has 2 aliphatic rings. The number of ether oxygens (including phenoxy) is 1. The topological polar surface area (TPSA) is 78.9 Å². The molecule has 0 N–H and O–H groups in total. The molecule has 1 aliphatic carbocycles. The van der Waals surface area contributed by atoms with Crippen LogP contribution in [0.1, 0.15) is 33.1 Å². The molecule has 8 nitrogen and oxygen atoms in total. The van der Waals surface area contributed by atoms with E-state index in [0.717, 1.165) is 42.1 Å². The lowest BCUT2D eigenvalue weighted by molar-refractivity contribution is -0.141. The van der Waals surface area contributed by atoms with E-state index in [1.165, 1.54) is 0 Å². The molecule has 1 saturated heterocycles. The Morgan fingerprint density at radius 3 is 2.47 bits per heavy atom. The number of piperazine rings is 1. The lowest BCUT2D eigenvalue weighted by atomic mass is 10.1. The van der Waals surface area contributed by atoms with E-state index in [2.05, 4.69) is 28.9 Å². The zero-order chi connectivity index (χ0) is 24.1. The van der Waals surface area contributed by atoms with Gasteiger partial charge in [-0.15, -0.1) is 10.2 Å². The minimum absolute atomic E-state index is 0.0388. The first kappa shape index (κ1) is 24.0. The molecule has 1 aromatic carbocycles. The number of rotatable bonds is 9. The van der Waals surface area contributed by atoms with Crippen LogP contribution in [0, 0.1) is 11.8 Å². The summed E-state index contributed by atoms with van der Waals surface area (Å²) in [5.41, 5.74) is 1.75. The summed E-state index contributed by atoms with van der Waals surface area (Å²) in [5, 5.41) is 8.82. The van der Waals surface area contributed by atoms with Gasteiger partial charge in [-0.2, -0.15) is 0 Å². The molecule has 8 heteroatoms. The third kappa shape index (κ3) is 6.04. The van der Waals surface area contributed by atoms with Crippen LogP contribution in [0.25, 0.3) is 11.3 Å². The standard InChI is InChI=1S/C26H35N5O3/c1-19(2)11-12-31(26(33)20-7-8-20)18-25(32)30-15-13-29(14-16-30)24-10-9-23(27-28-24)21-5-4-6-22(17-21)34-3/h4-6,9-10,17,19-20H,7-8,11-16,18H2,1-3H3. The van der Waals surface area contributed by atoms with Gasteiger partial charge in [-0.25, -0.2) is 0 Å². The Hall–Kier alpha value is -3.16. The molecular weight excluding hydrogens is 430 g/mol. The first-order chi connectivity index (χ1) is 16.4. The monoisotopic (exact) mass is 465 g/mol. The van der Waals surface area contributed by atoms with E-state index in [9.17, 15) is 9.59 Å². The highest BCUT2D eigenvalue weighted by atomic mass is 16.5. The number of carbonyl (C=O) groups excluding carboxylic acids is 2. The van der Waals surface area contributed by atoms with Crippen LogP contribution in [0.15, 0.2) is 36.4 Å². The third-order valence-electron chi connectivity index (χ3n) is 6.51. The average Bonchev–Trinajstić information content (AvgIpc) is 3.72. The van der Waals surface area contributed by atoms with E-state index in [0.29, 0.717) is 38.6 Å². The van der Waals surface area contributed by atoms with Crippen molar-refractivity contribution >= 4 is 17.6 Å². The molecule has 4 rings (SSSR count). The molecule has 182 valence electrons. The molecule has 0 spiro atoms. The maximum atomic E-state index is 13.0. The normalized spacial score (nSPS) is 16.0. The van der Waals surface area contributed by atoms with Gasteiger partial charge in [0.1, 0.15) is 5.75 Å². The quantitative estimate of drug-likeness (QED) is 0.566. The second-order valence-corrected chi connectivity index (χ2v) is 9.59. The third-order valence-corrected chi connectivity index (χ3v) is 6.51. The number of aromatic nitrogens is 2. The molecule has 0 atom stereocenters. The number of nitrogens with zero attached hydrogens (tertiary/aromatic N) is 5. The Balaban J connectivity index is 1.31. The Morgan fingerprint density at radius 1 is 1.09 bits per heavy atom. The minimum atomic E-state index is 0.0388. The first-order valence-electron chi connectivity index (χ1n) is 12.2. The Bertz CT molecular complexity index is 982. The van der Waals surface area contributed by atoms with Crippen molar-refractivity contribution in [1.29, 1.82) is 0 Å². The number of anilines is 1. The highest BCUT2D eigenvalue weighted by Gasteiger charge is 2.35. The molecule has 1 aliphatic heterocycles. The fraction of sp³-hybridized carbons (Fsp3) is 0.538. The molecule has 34 heavy (non-hydrogen) atoms. The molecule has 0 unspecified atom stereocenters. The van der Waals surface area contributed by atoms with Gasteiger partial charge in [0, 0.05) is 44.2 Å². The summed E-state index contributed by atoms with van der Waals surface area (Å²) >= 11 is 0. The van der Waals surface area contributed by atoms with Crippen molar-refractivity contribution in [3.05, 3.63) is 36.4 Å². The largest absolute Gasteiger partial charge is 0.497 e. The first-order valence-corrected chi connectivity index (χ1v) is 12.2. The summed E-state index contributed by atoms with van der Waals surface area (Å²) in [6.07, 6.45) is 2.84. The number of hydrogen-bond acceptors (Lipinski definition) is 6. The maximum absolute atomic E-state index is 13.0. The van der Waals surface area contributed by atoms with Gasteiger partial charge in [-0.05, 0) is 49.4 Å². The predicted molar refractivity (Wildman–Crippen MR) is 132 cm³/mol. The molecule has 0 radical (unpaired) electrons. The minimum Gasteiger partial charge on any atom is -0.497 e. The van der Waals surface area contributed by atoms with Crippen LogP contribution in [0.3, 0.4) is 0 Å². The van der Waals surface area contributed by atoms with E-state index in [4.69, 9.17) is 4.74 Å². The molecular formula is C26H35N5O3.